The Morgan fingerprint density at radius 1 is 1.08 bits per heavy atom. The monoisotopic (exact) mass is 332 g/mol. The molecule has 0 spiro atoms. The number of carbonyl (C=O) groups is 1. The van der Waals surface area contributed by atoms with E-state index in [-0.39, 0.29) is 11.5 Å². The normalized spacial score (nSPS) is 21.5. The van der Waals surface area contributed by atoms with Gasteiger partial charge in [-0.3, -0.25) is 4.89 Å². The predicted molar refractivity (Wildman–Crippen MR) is 96.9 cm³/mol. The number of hydrogen-bond acceptors (Lipinski definition) is 3. The molecule has 1 aromatic carbocycles. The van der Waals surface area contributed by atoms with Crippen LogP contribution >= 0.6 is 0 Å². The van der Waals surface area contributed by atoms with E-state index in [1.807, 2.05) is 24.3 Å². The summed E-state index contributed by atoms with van der Waals surface area (Å²) < 4.78 is 0. The minimum Gasteiger partial charge on any atom is -0.293 e. The molecule has 3 nitrogen and oxygen atoms in total. The zero-order chi connectivity index (χ0) is 17.6. The van der Waals surface area contributed by atoms with Crippen LogP contribution in [-0.4, -0.2) is 12.1 Å². The average Bonchev–Trinajstić information content (AvgIpc) is 2.58. The fraction of sp³-hybridized carbons (Fsp3) is 0.667. The van der Waals surface area contributed by atoms with Gasteiger partial charge in [0.1, 0.15) is 6.10 Å². The maximum atomic E-state index is 12.1. The summed E-state index contributed by atoms with van der Waals surface area (Å²) in [6.07, 6.45) is 8.31. The van der Waals surface area contributed by atoms with Gasteiger partial charge in [-0.15, -0.1) is 0 Å². The van der Waals surface area contributed by atoms with Crippen LogP contribution in [0.15, 0.2) is 24.3 Å². The lowest BCUT2D eigenvalue weighted by Crippen LogP contribution is -2.23. The summed E-state index contributed by atoms with van der Waals surface area (Å²) in [5, 5.41) is 0. The number of hydrogen-bond donors (Lipinski definition) is 0. The summed E-state index contributed by atoms with van der Waals surface area (Å²) in [6, 6.07) is 7.59. The summed E-state index contributed by atoms with van der Waals surface area (Å²) in [6.45, 7) is 8.70. The van der Waals surface area contributed by atoms with Crippen molar-refractivity contribution in [2.24, 2.45) is 5.92 Å². The van der Waals surface area contributed by atoms with Crippen LogP contribution in [0.2, 0.25) is 0 Å². The van der Waals surface area contributed by atoms with E-state index in [0.717, 1.165) is 18.8 Å². The third-order valence-electron chi connectivity index (χ3n) is 5.01. The van der Waals surface area contributed by atoms with E-state index in [1.165, 1.54) is 37.7 Å². The molecule has 0 bridgehead atoms. The molecule has 1 saturated carbocycles. The Morgan fingerprint density at radius 3 is 2.25 bits per heavy atom. The highest BCUT2D eigenvalue weighted by atomic mass is 17.2. The first kappa shape index (κ1) is 19.0. The molecule has 1 aliphatic rings. The number of benzene rings is 1. The van der Waals surface area contributed by atoms with Gasteiger partial charge in [0.05, 0.1) is 5.56 Å². The van der Waals surface area contributed by atoms with Crippen LogP contribution < -0.4 is 0 Å². The third-order valence-corrected chi connectivity index (χ3v) is 5.01. The molecule has 0 amide bonds. The van der Waals surface area contributed by atoms with Gasteiger partial charge in [-0.2, -0.15) is 4.89 Å². The summed E-state index contributed by atoms with van der Waals surface area (Å²) in [4.78, 5) is 22.6. The molecular weight excluding hydrogens is 300 g/mol. The number of unbranched alkanes of at least 4 members (excludes halogenated alkanes) is 1. The second-order valence-corrected chi connectivity index (χ2v) is 8.08. The molecule has 3 heteroatoms. The Morgan fingerprint density at radius 2 is 1.71 bits per heavy atom. The molecular formula is C21H32O3. The molecule has 1 aliphatic carbocycles. The van der Waals surface area contributed by atoms with E-state index in [2.05, 4.69) is 27.7 Å². The first-order chi connectivity index (χ1) is 11.4. The van der Waals surface area contributed by atoms with Crippen LogP contribution in [0.25, 0.3) is 0 Å². The van der Waals surface area contributed by atoms with Crippen LogP contribution in [-0.2, 0) is 15.2 Å². The van der Waals surface area contributed by atoms with E-state index in [1.54, 1.807) is 0 Å². The van der Waals surface area contributed by atoms with E-state index in [9.17, 15) is 4.79 Å². The molecule has 1 fully saturated rings. The van der Waals surface area contributed by atoms with Crippen molar-refractivity contribution in [3.63, 3.8) is 0 Å². The molecule has 0 unspecified atom stereocenters. The quantitative estimate of drug-likeness (QED) is 0.486. The van der Waals surface area contributed by atoms with E-state index < -0.39 is 5.97 Å². The van der Waals surface area contributed by atoms with Crippen molar-refractivity contribution in [2.45, 2.75) is 84.2 Å². The van der Waals surface area contributed by atoms with E-state index in [0.29, 0.717) is 5.56 Å². The summed E-state index contributed by atoms with van der Waals surface area (Å²) in [7, 11) is 0. The van der Waals surface area contributed by atoms with Crippen LogP contribution in [0.3, 0.4) is 0 Å². The molecule has 2 rings (SSSR count). The zero-order valence-electron chi connectivity index (χ0n) is 15.6. The molecule has 1 aromatic rings. The molecule has 0 aromatic heterocycles. The fourth-order valence-electron chi connectivity index (χ4n) is 3.28. The van der Waals surface area contributed by atoms with Gasteiger partial charge in [-0.05, 0) is 54.7 Å². The van der Waals surface area contributed by atoms with Crippen molar-refractivity contribution in [3.05, 3.63) is 35.4 Å². The van der Waals surface area contributed by atoms with Crippen LogP contribution in [0, 0.1) is 5.92 Å². The highest BCUT2D eigenvalue weighted by molar-refractivity contribution is 5.88. The van der Waals surface area contributed by atoms with Crippen molar-refractivity contribution in [1.29, 1.82) is 0 Å². The predicted octanol–water partition coefficient (Wildman–Crippen LogP) is 5.82. The standard InChI is InChI=1S/C21H32O3/c1-5-6-7-16-8-14-19(15-9-16)23-24-20(22)17-10-12-18(13-11-17)21(2,3)4/h10-13,16,19H,5-9,14-15H2,1-4H3. The van der Waals surface area contributed by atoms with Crippen molar-refractivity contribution in [2.75, 3.05) is 0 Å². The topological polar surface area (TPSA) is 35.5 Å². The van der Waals surface area contributed by atoms with Gasteiger partial charge in [0, 0.05) is 0 Å². The Labute approximate surface area is 146 Å². The van der Waals surface area contributed by atoms with Gasteiger partial charge in [0.2, 0.25) is 0 Å². The third kappa shape index (κ3) is 5.62. The molecule has 0 saturated heterocycles. The van der Waals surface area contributed by atoms with Crippen molar-refractivity contribution in [1.82, 2.24) is 0 Å². The average molecular weight is 332 g/mol. The number of carbonyl (C=O) groups excluding carboxylic acids is 1. The largest absolute Gasteiger partial charge is 0.373 e. The SMILES string of the molecule is CCCCC1CCC(OOC(=O)c2ccc(C(C)(C)C)cc2)CC1. The molecule has 0 atom stereocenters. The van der Waals surface area contributed by atoms with Crippen molar-refractivity contribution < 1.29 is 14.6 Å². The van der Waals surface area contributed by atoms with Crippen molar-refractivity contribution in [3.8, 4) is 0 Å². The Kier molecular flexibility index (Phi) is 6.85. The van der Waals surface area contributed by atoms with Gasteiger partial charge >= 0.3 is 5.97 Å². The Balaban J connectivity index is 1.76. The van der Waals surface area contributed by atoms with Crippen molar-refractivity contribution >= 4 is 5.97 Å². The molecule has 0 radical (unpaired) electrons. The Bertz CT molecular complexity index is 505. The zero-order valence-corrected chi connectivity index (χ0v) is 15.6. The minimum absolute atomic E-state index is 0.0562. The lowest BCUT2D eigenvalue weighted by atomic mass is 9.84. The summed E-state index contributed by atoms with van der Waals surface area (Å²) >= 11 is 0. The maximum Gasteiger partial charge on any atom is 0.373 e. The highest BCUT2D eigenvalue weighted by Crippen LogP contribution is 2.30. The molecule has 0 heterocycles. The summed E-state index contributed by atoms with van der Waals surface area (Å²) in [5.41, 5.74) is 1.82. The van der Waals surface area contributed by atoms with Gasteiger partial charge in [-0.25, -0.2) is 4.79 Å². The van der Waals surface area contributed by atoms with Crippen LogP contribution in [0.1, 0.15) is 88.6 Å². The Hall–Kier alpha value is -1.35. The van der Waals surface area contributed by atoms with E-state index in [4.69, 9.17) is 9.78 Å². The maximum absolute atomic E-state index is 12.1. The second kappa shape index (κ2) is 8.66. The first-order valence-corrected chi connectivity index (χ1v) is 9.38. The fourth-order valence-corrected chi connectivity index (χ4v) is 3.28. The van der Waals surface area contributed by atoms with Gasteiger partial charge < -0.3 is 0 Å². The van der Waals surface area contributed by atoms with Crippen LogP contribution in [0.5, 0.6) is 0 Å². The van der Waals surface area contributed by atoms with Gasteiger partial charge in [0.15, 0.2) is 0 Å². The minimum atomic E-state index is -0.399. The lowest BCUT2D eigenvalue weighted by molar-refractivity contribution is -0.280. The number of rotatable bonds is 6. The molecule has 0 aliphatic heterocycles. The van der Waals surface area contributed by atoms with Crippen LogP contribution in [0.4, 0.5) is 0 Å². The summed E-state index contributed by atoms with van der Waals surface area (Å²) in [5.74, 6) is 0.425. The van der Waals surface area contributed by atoms with E-state index >= 15 is 0 Å². The van der Waals surface area contributed by atoms with Gasteiger partial charge in [-0.1, -0.05) is 59.1 Å². The second-order valence-electron chi connectivity index (χ2n) is 8.08. The van der Waals surface area contributed by atoms with Gasteiger partial charge in [0.25, 0.3) is 0 Å². The first-order valence-electron chi connectivity index (χ1n) is 9.38. The lowest BCUT2D eigenvalue weighted by Gasteiger charge is -2.27. The highest BCUT2D eigenvalue weighted by Gasteiger charge is 2.23. The smallest absolute Gasteiger partial charge is 0.293 e. The molecule has 134 valence electrons. The molecule has 0 N–H and O–H groups in total. The molecule has 24 heavy (non-hydrogen) atoms.